The van der Waals surface area contributed by atoms with Gasteiger partial charge in [-0.3, -0.25) is 9.78 Å². The molecule has 0 fully saturated rings. The van der Waals surface area contributed by atoms with Gasteiger partial charge in [-0.1, -0.05) is 39.0 Å². The maximum Gasteiger partial charge on any atom is 0.303 e. The molecule has 0 spiro atoms. The number of carbonyl (C=O) groups is 1. The molecule has 0 atom stereocenters. The van der Waals surface area contributed by atoms with E-state index in [0.29, 0.717) is 13.0 Å². The van der Waals surface area contributed by atoms with Gasteiger partial charge < -0.3 is 10.8 Å². The van der Waals surface area contributed by atoms with E-state index in [-0.39, 0.29) is 5.41 Å². The molecule has 1 aromatic carbocycles. The Morgan fingerprint density at radius 2 is 2.00 bits per heavy atom. The number of pyridine rings is 1. The van der Waals surface area contributed by atoms with Crippen LogP contribution < -0.4 is 5.73 Å². The van der Waals surface area contributed by atoms with Crippen molar-refractivity contribution in [1.82, 2.24) is 4.98 Å². The molecule has 4 heteroatoms. The van der Waals surface area contributed by atoms with Crippen molar-refractivity contribution in [1.29, 1.82) is 0 Å². The van der Waals surface area contributed by atoms with Gasteiger partial charge in [0.25, 0.3) is 0 Å². The number of aromatic nitrogens is 1. The first kappa shape index (κ1) is 19.1. The molecule has 126 valence electrons. The zero-order chi connectivity index (χ0) is 17.5. The third-order valence-corrected chi connectivity index (χ3v) is 3.53. The van der Waals surface area contributed by atoms with Crippen molar-refractivity contribution in [3.05, 3.63) is 41.7 Å². The molecule has 0 amide bonds. The van der Waals surface area contributed by atoms with E-state index in [0.717, 1.165) is 29.5 Å². The summed E-state index contributed by atoms with van der Waals surface area (Å²) < 4.78 is 0. The molecule has 1 heterocycles. The number of benzene rings is 1. The first-order valence-electron chi connectivity index (χ1n) is 7.99. The van der Waals surface area contributed by atoms with Crippen LogP contribution in [0.4, 0.5) is 0 Å². The van der Waals surface area contributed by atoms with Gasteiger partial charge in [0.05, 0.1) is 0 Å². The van der Waals surface area contributed by atoms with Gasteiger partial charge in [-0.05, 0) is 42.2 Å². The molecule has 3 N–H and O–H groups in total. The van der Waals surface area contributed by atoms with E-state index in [1.165, 1.54) is 5.39 Å². The van der Waals surface area contributed by atoms with Gasteiger partial charge in [0.2, 0.25) is 0 Å². The molecule has 0 aliphatic heterocycles. The van der Waals surface area contributed by atoms with Crippen LogP contribution in [0.15, 0.2) is 30.5 Å². The van der Waals surface area contributed by atoms with Crippen LogP contribution in [0.1, 0.15) is 51.3 Å². The number of hydrogen-bond acceptors (Lipinski definition) is 3. The Kier molecular flexibility index (Phi) is 7.17. The second-order valence-electron chi connectivity index (χ2n) is 6.98. The van der Waals surface area contributed by atoms with Crippen molar-refractivity contribution in [3.8, 4) is 0 Å². The van der Waals surface area contributed by atoms with Crippen molar-refractivity contribution in [2.45, 2.75) is 53.5 Å². The number of nitrogens with two attached hydrogens (primary N) is 1. The van der Waals surface area contributed by atoms with Gasteiger partial charge in [0, 0.05) is 30.2 Å². The molecule has 0 radical (unpaired) electrons. The number of rotatable bonds is 4. The Balaban J connectivity index is 0.000000241. The van der Waals surface area contributed by atoms with E-state index in [1.54, 1.807) is 0 Å². The first-order valence-corrected chi connectivity index (χ1v) is 7.99. The summed E-state index contributed by atoms with van der Waals surface area (Å²) in [5.41, 5.74) is 8.10. The van der Waals surface area contributed by atoms with Gasteiger partial charge >= 0.3 is 5.97 Å². The van der Waals surface area contributed by atoms with Gasteiger partial charge in [-0.25, -0.2) is 0 Å². The average molecular weight is 316 g/mol. The molecule has 0 aliphatic rings. The fourth-order valence-corrected chi connectivity index (χ4v) is 2.29. The van der Waals surface area contributed by atoms with Crippen LogP contribution >= 0.6 is 0 Å². The Morgan fingerprint density at radius 1 is 1.30 bits per heavy atom. The Hall–Kier alpha value is -1.94. The van der Waals surface area contributed by atoms with E-state index in [2.05, 4.69) is 37.9 Å². The molecule has 0 unspecified atom stereocenters. The minimum absolute atomic E-state index is 0.273. The van der Waals surface area contributed by atoms with E-state index < -0.39 is 5.97 Å². The highest BCUT2D eigenvalue weighted by Crippen LogP contribution is 2.21. The van der Waals surface area contributed by atoms with Crippen LogP contribution in [0.25, 0.3) is 10.8 Å². The minimum atomic E-state index is -0.691. The van der Waals surface area contributed by atoms with Crippen molar-refractivity contribution >= 4 is 16.7 Å². The largest absolute Gasteiger partial charge is 0.481 e. The fourth-order valence-electron chi connectivity index (χ4n) is 2.29. The molecular formula is C19H28N2O2. The zero-order valence-electron chi connectivity index (χ0n) is 14.6. The summed E-state index contributed by atoms with van der Waals surface area (Å²) in [5, 5.41) is 10.7. The SMILES string of the molecule is CC(C)(C)CCCC(=O)O.Cc1cc2cccc(CN)c2cn1. The van der Waals surface area contributed by atoms with E-state index in [9.17, 15) is 4.79 Å². The summed E-state index contributed by atoms with van der Waals surface area (Å²) >= 11 is 0. The maximum absolute atomic E-state index is 10.1. The van der Waals surface area contributed by atoms with E-state index in [4.69, 9.17) is 10.8 Å². The predicted molar refractivity (Wildman–Crippen MR) is 95.3 cm³/mol. The van der Waals surface area contributed by atoms with Gasteiger partial charge in [-0.15, -0.1) is 0 Å². The highest BCUT2D eigenvalue weighted by Gasteiger charge is 2.09. The third kappa shape index (κ3) is 7.24. The molecule has 0 saturated carbocycles. The second-order valence-corrected chi connectivity index (χ2v) is 6.98. The summed E-state index contributed by atoms with van der Waals surface area (Å²) in [7, 11) is 0. The van der Waals surface area contributed by atoms with Gasteiger partial charge in [0.15, 0.2) is 0 Å². The molecule has 2 aromatic rings. The van der Waals surface area contributed by atoms with Crippen molar-refractivity contribution in [3.63, 3.8) is 0 Å². The number of nitrogens with zero attached hydrogens (tertiary/aromatic N) is 1. The van der Waals surface area contributed by atoms with Crippen LogP contribution in [-0.2, 0) is 11.3 Å². The van der Waals surface area contributed by atoms with Crippen molar-refractivity contribution in [2.24, 2.45) is 11.1 Å². The lowest BCUT2D eigenvalue weighted by molar-refractivity contribution is -0.137. The number of aryl methyl sites for hydroxylation is 1. The summed E-state index contributed by atoms with van der Waals surface area (Å²) in [6.07, 6.45) is 3.97. The highest BCUT2D eigenvalue weighted by atomic mass is 16.4. The number of hydrogen-bond donors (Lipinski definition) is 2. The maximum atomic E-state index is 10.1. The average Bonchev–Trinajstić information content (AvgIpc) is 2.45. The lowest BCUT2D eigenvalue weighted by Gasteiger charge is -2.16. The number of fused-ring (bicyclic) bond motifs is 1. The quantitative estimate of drug-likeness (QED) is 0.882. The third-order valence-electron chi connectivity index (χ3n) is 3.53. The molecule has 23 heavy (non-hydrogen) atoms. The Labute approximate surface area is 138 Å². The summed E-state index contributed by atoms with van der Waals surface area (Å²) in [6.45, 7) is 8.93. The lowest BCUT2D eigenvalue weighted by atomic mass is 9.90. The molecule has 0 saturated heterocycles. The number of carboxylic acids is 1. The number of aliphatic carboxylic acids is 1. The second kappa shape index (κ2) is 8.63. The normalized spacial score (nSPS) is 11.0. The smallest absolute Gasteiger partial charge is 0.303 e. The highest BCUT2D eigenvalue weighted by molar-refractivity contribution is 5.85. The van der Waals surface area contributed by atoms with Crippen LogP contribution in [-0.4, -0.2) is 16.1 Å². The molecule has 1 aromatic heterocycles. The van der Waals surface area contributed by atoms with Crippen molar-refractivity contribution in [2.75, 3.05) is 0 Å². The monoisotopic (exact) mass is 316 g/mol. The van der Waals surface area contributed by atoms with Crippen LogP contribution in [0.3, 0.4) is 0 Å². The molecule has 2 rings (SSSR count). The van der Waals surface area contributed by atoms with Crippen LogP contribution in [0, 0.1) is 12.3 Å². The minimum Gasteiger partial charge on any atom is -0.481 e. The van der Waals surface area contributed by atoms with Crippen LogP contribution in [0.5, 0.6) is 0 Å². The predicted octanol–water partition coefficient (Wildman–Crippen LogP) is 4.29. The summed E-state index contributed by atoms with van der Waals surface area (Å²) in [5.74, 6) is -0.691. The van der Waals surface area contributed by atoms with E-state index in [1.807, 2.05) is 25.3 Å². The zero-order valence-corrected chi connectivity index (χ0v) is 14.6. The topological polar surface area (TPSA) is 76.2 Å². The Morgan fingerprint density at radius 3 is 2.57 bits per heavy atom. The first-order chi connectivity index (χ1) is 10.7. The van der Waals surface area contributed by atoms with Crippen molar-refractivity contribution < 1.29 is 9.90 Å². The van der Waals surface area contributed by atoms with Gasteiger partial charge in [-0.2, -0.15) is 0 Å². The van der Waals surface area contributed by atoms with E-state index >= 15 is 0 Å². The fraction of sp³-hybridized carbons (Fsp3) is 0.474. The molecule has 0 aliphatic carbocycles. The van der Waals surface area contributed by atoms with Crippen LogP contribution in [0.2, 0.25) is 0 Å². The molecule has 0 bridgehead atoms. The lowest BCUT2D eigenvalue weighted by Crippen LogP contribution is -2.05. The number of carboxylic acid groups (broad SMARTS) is 1. The molecular weight excluding hydrogens is 288 g/mol. The standard InChI is InChI=1S/C11H12N2.C8H16O2/c1-8-5-9-3-2-4-10(6-12)11(9)7-13-8;1-8(2,3)6-4-5-7(9)10/h2-5,7H,6,12H2,1H3;4-6H2,1-3H3,(H,9,10). The Bertz CT molecular complexity index is 645. The summed E-state index contributed by atoms with van der Waals surface area (Å²) in [6, 6.07) is 8.24. The molecule has 4 nitrogen and oxygen atoms in total. The van der Waals surface area contributed by atoms with Gasteiger partial charge in [0.1, 0.15) is 0 Å². The summed E-state index contributed by atoms with van der Waals surface area (Å²) in [4.78, 5) is 14.3.